The zero-order valence-corrected chi connectivity index (χ0v) is 17.4. The molecule has 0 amide bonds. The van der Waals surface area contributed by atoms with Crippen molar-refractivity contribution in [3.05, 3.63) is 71.3 Å². The molecule has 182 valence electrons. The standard InChI is InChI=1S/C22H24F4O7/c1-13(28)18(12-27)17(29)20(23,31)19(30,21(32,33-18)15-5-3-2-4-6-15)11-14-7-9-16(10-8-14)22(24,25)26/h2-10,13,17,27-32H,11-12H2,1H3/t13-,17+,18+,19+,20-,21+/m0/s1. The first kappa shape index (κ1) is 25.5. The molecule has 33 heavy (non-hydrogen) atoms. The van der Waals surface area contributed by atoms with Crippen LogP contribution in [0.4, 0.5) is 17.6 Å². The summed E-state index contributed by atoms with van der Waals surface area (Å²) in [6.07, 6.45) is -10.3. The summed E-state index contributed by atoms with van der Waals surface area (Å²) >= 11 is 0. The van der Waals surface area contributed by atoms with E-state index in [4.69, 9.17) is 4.74 Å². The molecule has 2 aromatic rings. The van der Waals surface area contributed by atoms with Crippen molar-refractivity contribution in [3.63, 3.8) is 0 Å². The minimum absolute atomic E-state index is 0.153. The second-order valence-electron chi connectivity index (χ2n) is 8.21. The first-order valence-corrected chi connectivity index (χ1v) is 9.90. The number of hydrogen-bond donors (Lipinski definition) is 6. The van der Waals surface area contributed by atoms with Crippen LogP contribution in [0.2, 0.25) is 0 Å². The van der Waals surface area contributed by atoms with E-state index in [1.165, 1.54) is 30.3 Å². The zero-order chi connectivity index (χ0) is 24.9. The minimum Gasteiger partial charge on any atom is -0.393 e. The third-order valence-corrected chi connectivity index (χ3v) is 6.16. The van der Waals surface area contributed by atoms with Crippen LogP contribution in [0.25, 0.3) is 0 Å². The molecule has 0 aromatic heterocycles. The summed E-state index contributed by atoms with van der Waals surface area (Å²) in [5.74, 6) is -7.31. The highest BCUT2D eigenvalue weighted by Crippen LogP contribution is 2.54. The smallest absolute Gasteiger partial charge is 0.393 e. The maximum Gasteiger partial charge on any atom is 0.416 e. The highest BCUT2D eigenvalue weighted by atomic mass is 19.4. The molecule has 0 bridgehead atoms. The third-order valence-electron chi connectivity index (χ3n) is 6.16. The number of rotatable bonds is 5. The van der Waals surface area contributed by atoms with Crippen molar-refractivity contribution in [2.45, 2.75) is 54.6 Å². The molecule has 0 saturated carbocycles. The van der Waals surface area contributed by atoms with Crippen LogP contribution in [0.1, 0.15) is 23.6 Å². The van der Waals surface area contributed by atoms with Gasteiger partial charge in [-0.3, -0.25) is 0 Å². The van der Waals surface area contributed by atoms with E-state index >= 15 is 4.39 Å². The van der Waals surface area contributed by atoms with E-state index in [1.54, 1.807) is 0 Å². The van der Waals surface area contributed by atoms with Crippen LogP contribution in [-0.2, 0) is 23.1 Å². The number of benzene rings is 2. The zero-order valence-electron chi connectivity index (χ0n) is 17.4. The summed E-state index contributed by atoms with van der Waals surface area (Å²) in [6.45, 7) is -0.273. The van der Waals surface area contributed by atoms with E-state index < -0.39 is 59.8 Å². The SMILES string of the molecule is C[C@H](O)[C@@]1(CO)O[C@](O)(c2ccccc2)[C@@](O)(Cc2ccc(C(F)(F)F)cc2)[C@](O)(F)[C@@H]1O. The van der Waals surface area contributed by atoms with E-state index in [0.29, 0.717) is 12.1 Å². The van der Waals surface area contributed by atoms with E-state index in [1.807, 2.05) is 0 Å². The number of hydrogen-bond acceptors (Lipinski definition) is 7. The Morgan fingerprint density at radius 2 is 1.55 bits per heavy atom. The second kappa shape index (κ2) is 8.27. The first-order chi connectivity index (χ1) is 15.2. The molecule has 0 radical (unpaired) electrons. The molecule has 7 nitrogen and oxygen atoms in total. The van der Waals surface area contributed by atoms with Crippen LogP contribution in [0.3, 0.4) is 0 Å². The Morgan fingerprint density at radius 1 is 1.00 bits per heavy atom. The molecule has 2 aromatic carbocycles. The van der Waals surface area contributed by atoms with Gasteiger partial charge in [0.1, 0.15) is 6.10 Å². The van der Waals surface area contributed by atoms with Gasteiger partial charge in [0.05, 0.1) is 18.3 Å². The monoisotopic (exact) mass is 476 g/mol. The van der Waals surface area contributed by atoms with Crippen molar-refractivity contribution >= 4 is 0 Å². The molecule has 1 heterocycles. The Balaban J connectivity index is 2.19. The number of aliphatic hydroxyl groups is 6. The fourth-order valence-electron chi connectivity index (χ4n) is 4.08. The summed E-state index contributed by atoms with van der Waals surface area (Å²) in [7, 11) is 0. The van der Waals surface area contributed by atoms with Crippen molar-refractivity contribution in [1.82, 2.24) is 0 Å². The van der Waals surface area contributed by atoms with E-state index in [0.717, 1.165) is 19.1 Å². The predicted molar refractivity (Wildman–Crippen MR) is 105 cm³/mol. The van der Waals surface area contributed by atoms with Crippen LogP contribution >= 0.6 is 0 Å². The van der Waals surface area contributed by atoms with Gasteiger partial charge in [-0.25, -0.2) is 4.39 Å². The molecule has 6 N–H and O–H groups in total. The molecule has 1 aliphatic heterocycles. The van der Waals surface area contributed by atoms with E-state index in [2.05, 4.69) is 0 Å². The summed E-state index contributed by atoms with van der Waals surface area (Å²) in [6, 6.07) is 9.76. The van der Waals surface area contributed by atoms with Gasteiger partial charge in [0.2, 0.25) is 5.79 Å². The summed E-state index contributed by atoms with van der Waals surface area (Å²) in [5, 5.41) is 64.2. The van der Waals surface area contributed by atoms with Gasteiger partial charge >= 0.3 is 6.18 Å². The summed E-state index contributed by atoms with van der Waals surface area (Å²) in [5.41, 5.74) is -7.59. The van der Waals surface area contributed by atoms with Crippen LogP contribution in [0.5, 0.6) is 0 Å². The highest BCUT2D eigenvalue weighted by Gasteiger charge is 2.77. The normalized spacial score (nSPS) is 35.9. The highest BCUT2D eigenvalue weighted by molar-refractivity contribution is 5.34. The lowest BCUT2D eigenvalue weighted by Crippen LogP contribution is -2.82. The first-order valence-electron chi connectivity index (χ1n) is 9.90. The maximum atomic E-state index is 15.9. The largest absolute Gasteiger partial charge is 0.416 e. The van der Waals surface area contributed by atoms with Crippen molar-refractivity contribution in [2.24, 2.45) is 0 Å². The molecular formula is C22H24F4O7. The van der Waals surface area contributed by atoms with Gasteiger partial charge < -0.3 is 35.4 Å². The second-order valence-corrected chi connectivity index (χ2v) is 8.21. The Morgan fingerprint density at radius 3 is 2.00 bits per heavy atom. The Bertz CT molecular complexity index is 967. The molecular weight excluding hydrogens is 452 g/mol. The van der Waals surface area contributed by atoms with Crippen molar-refractivity contribution in [1.29, 1.82) is 0 Å². The lowest BCUT2D eigenvalue weighted by molar-refractivity contribution is -0.481. The number of aliphatic hydroxyl groups excluding tert-OH is 3. The van der Waals surface area contributed by atoms with Crippen molar-refractivity contribution in [3.8, 4) is 0 Å². The molecule has 0 unspecified atom stereocenters. The van der Waals surface area contributed by atoms with E-state index in [-0.39, 0.29) is 11.1 Å². The maximum absolute atomic E-state index is 15.9. The van der Waals surface area contributed by atoms with Crippen LogP contribution < -0.4 is 0 Å². The molecule has 6 atom stereocenters. The molecule has 3 rings (SSSR count). The van der Waals surface area contributed by atoms with Gasteiger partial charge in [-0.2, -0.15) is 13.2 Å². The molecule has 11 heteroatoms. The van der Waals surface area contributed by atoms with Gasteiger partial charge in [-0.05, 0) is 24.6 Å². The average Bonchev–Trinajstić information content (AvgIpc) is 2.76. The Hall–Kier alpha value is -2.12. The molecule has 0 aliphatic carbocycles. The molecule has 0 spiro atoms. The van der Waals surface area contributed by atoms with E-state index in [9.17, 15) is 43.8 Å². The topological polar surface area (TPSA) is 131 Å². The van der Waals surface area contributed by atoms with Crippen LogP contribution in [0.15, 0.2) is 54.6 Å². The van der Waals surface area contributed by atoms with Crippen LogP contribution in [-0.4, -0.2) is 66.5 Å². The number of halogens is 4. The van der Waals surface area contributed by atoms with Gasteiger partial charge in [0, 0.05) is 12.0 Å². The molecule has 1 aliphatic rings. The Labute approximate surface area is 186 Å². The minimum atomic E-state index is -4.66. The predicted octanol–water partition coefficient (Wildman–Crippen LogP) is 0.985. The molecule has 1 saturated heterocycles. The van der Waals surface area contributed by atoms with Crippen LogP contribution in [0, 0.1) is 0 Å². The third kappa shape index (κ3) is 3.83. The molecule has 1 fully saturated rings. The number of alkyl halides is 4. The average molecular weight is 476 g/mol. The van der Waals surface area contributed by atoms with Crippen molar-refractivity contribution in [2.75, 3.05) is 6.61 Å². The summed E-state index contributed by atoms with van der Waals surface area (Å²) < 4.78 is 60.0. The summed E-state index contributed by atoms with van der Waals surface area (Å²) in [4.78, 5) is 0. The fraction of sp³-hybridized carbons (Fsp3) is 0.455. The van der Waals surface area contributed by atoms with Gasteiger partial charge in [-0.15, -0.1) is 0 Å². The van der Waals surface area contributed by atoms with Crippen molar-refractivity contribution < 1.29 is 52.9 Å². The lowest BCUT2D eigenvalue weighted by atomic mass is 9.67. The van der Waals surface area contributed by atoms with Gasteiger partial charge in [-0.1, -0.05) is 42.5 Å². The Kier molecular flexibility index (Phi) is 6.39. The lowest BCUT2D eigenvalue weighted by Gasteiger charge is -2.60. The van der Waals surface area contributed by atoms with Gasteiger partial charge in [0.25, 0.3) is 5.85 Å². The fourth-order valence-corrected chi connectivity index (χ4v) is 4.08. The quantitative estimate of drug-likeness (QED) is 0.355. The number of ether oxygens (including phenoxy) is 1. The van der Waals surface area contributed by atoms with Gasteiger partial charge in [0.15, 0.2) is 11.2 Å².